The van der Waals surface area contributed by atoms with Crippen molar-refractivity contribution in [1.82, 2.24) is 0 Å². The van der Waals surface area contributed by atoms with Gasteiger partial charge in [0, 0.05) is 10.0 Å². The molecule has 3 aromatic rings. The molecule has 0 aliphatic rings. The first kappa shape index (κ1) is 17.2. The average Bonchev–Trinajstić information content (AvgIpc) is 2.67. The molecule has 0 saturated carbocycles. The Bertz CT molecular complexity index is 876. The predicted octanol–water partition coefficient (Wildman–Crippen LogP) is 5.52. The number of halogens is 1. The van der Waals surface area contributed by atoms with E-state index in [0.29, 0.717) is 23.7 Å². The summed E-state index contributed by atoms with van der Waals surface area (Å²) in [4.78, 5) is 11.3. The van der Waals surface area contributed by atoms with Crippen LogP contribution in [-0.4, -0.2) is 13.4 Å². The standard InChI is InChI=1S/C21H17BrO3/c1-24-21-11-16(19-12-18(22)9-7-17(19)13-23)8-10-20(21)25-14-15-5-3-2-4-6-15/h2-13H,14H2,1H3. The molecule has 0 unspecified atom stereocenters. The van der Waals surface area contributed by atoms with Crippen LogP contribution in [0.15, 0.2) is 71.2 Å². The van der Waals surface area contributed by atoms with Gasteiger partial charge in [-0.2, -0.15) is 0 Å². The molecule has 4 heteroatoms. The first-order chi connectivity index (χ1) is 12.2. The van der Waals surface area contributed by atoms with Crippen molar-refractivity contribution >= 4 is 22.2 Å². The summed E-state index contributed by atoms with van der Waals surface area (Å²) in [5.74, 6) is 1.29. The zero-order valence-electron chi connectivity index (χ0n) is 13.7. The predicted molar refractivity (Wildman–Crippen MR) is 102 cm³/mol. The van der Waals surface area contributed by atoms with Crippen molar-refractivity contribution in [3.63, 3.8) is 0 Å². The second-order valence-corrected chi connectivity index (χ2v) is 6.41. The molecular formula is C21H17BrO3. The lowest BCUT2D eigenvalue weighted by Crippen LogP contribution is -1.98. The van der Waals surface area contributed by atoms with Crippen LogP contribution in [0.5, 0.6) is 11.5 Å². The largest absolute Gasteiger partial charge is 0.493 e. The van der Waals surface area contributed by atoms with Crippen molar-refractivity contribution < 1.29 is 14.3 Å². The SMILES string of the molecule is COc1cc(-c2cc(Br)ccc2C=O)ccc1OCc1ccccc1. The maximum absolute atomic E-state index is 11.3. The number of hydrogen-bond acceptors (Lipinski definition) is 3. The van der Waals surface area contributed by atoms with Gasteiger partial charge in [0.25, 0.3) is 0 Å². The van der Waals surface area contributed by atoms with Crippen molar-refractivity contribution in [2.75, 3.05) is 7.11 Å². The molecule has 3 rings (SSSR count). The average molecular weight is 397 g/mol. The molecule has 0 saturated heterocycles. The first-order valence-electron chi connectivity index (χ1n) is 7.81. The van der Waals surface area contributed by atoms with Crippen LogP contribution in [0.25, 0.3) is 11.1 Å². The van der Waals surface area contributed by atoms with E-state index in [0.717, 1.165) is 27.4 Å². The van der Waals surface area contributed by atoms with Gasteiger partial charge in [0.15, 0.2) is 17.8 Å². The normalized spacial score (nSPS) is 10.3. The van der Waals surface area contributed by atoms with E-state index in [9.17, 15) is 4.79 Å². The third-order valence-electron chi connectivity index (χ3n) is 3.85. The third kappa shape index (κ3) is 4.09. The molecule has 0 aromatic heterocycles. The Hall–Kier alpha value is -2.59. The Morgan fingerprint density at radius 2 is 1.76 bits per heavy atom. The van der Waals surface area contributed by atoms with Gasteiger partial charge in [-0.1, -0.05) is 52.3 Å². The van der Waals surface area contributed by atoms with Crippen LogP contribution in [0, 0.1) is 0 Å². The topological polar surface area (TPSA) is 35.5 Å². The van der Waals surface area contributed by atoms with E-state index in [-0.39, 0.29) is 0 Å². The molecule has 0 aliphatic heterocycles. The van der Waals surface area contributed by atoms with Gasteiger partial charge in [0.2, 0.25) is 0 Å². The van der Waals surface area contributed by atoms with Crippen LogP contribution in [0.3, 0.4) is 0 Å². The van der Waals surface area contributed by atoms with Gasteiger partial charge in [-0.15, -0.1) is 0 Å². The summed E-state index contributed by atoms with van der Waals surface area (Å²) in [6.07, 6.45) is 0.855. The van der Waals surface area contributed by atoms with Crippen LogP contribution in [-0.2, 0) is 6.61 Å². The van der Waals surface area contributed by atoms with Gasteiger partial charge in [-0.05, 0) is 47.0 Å². The molecule has 0 heterocycles. The molecule has 3 aromatic carbocycles. The number of ether oxygens (including phenoxy) is 2. The van der Waals surface area contributed by atoms with Crippen molar-refractivity contribution in [1.29, 1.82) is 0 Å². The zero-order chi connectivity index (χ0) is 17.6. The van der Waals surface area contributed by atoms with Gasteiger partial charge < -0.3 is 9.47 Å². The Balaban J connectivity index is 1.89. The highest BCUT2D eigenvalue weighted by Gasteiger charge is 2.11. The Labute approximate surface area is 155 Å². The summed E-state index contributed by atoms with van der Waals surface area (Å²) in [6.45, 7) is 0.465. The lowest BCUT2D eigenvalue weighted by molar-refractivity contribution is 0.112. The number of carbonyl (C=O) groups excluding carboxylic acids is 1. The van der Waals surface area contributed by atoms with E-state index in [4.69, 9.17) is 9.47 Å². The number of rotatable bonds is 6. The minimum Gasteiger partial charge on any atom is -0.493 e. The smallest absolute Gasteiger partial charge is 0.161 e. The number of methoxy groups -OCH3 is 1. The fourth-order valence-electron chi connectivity index (χ4n) is 2.57. The van der Waals surface area contributed by atoms with Gasteiger partial charge in [-0.25, -0.2) is 0 Å². The highest BCUT2D eigenvalue weighted by atomic mass is 79.9. The highest BCUT2D eigenvalue weighted by Crippen LogP contribution is 2.35. The van der Waals surface area contributed by atoms with Crippen molar-refractivity contribution in [3.8, 4) is 22.6 Å². The lowest BCUT2D eigenvalue weighted by Gasteiger charge is -2.13. The molecule has 25 heavy (non-hydrogen) atoms. The second-order valence-electron chi connectivity index (χ2n) is 5.49. The molecule has 0 amide bonds. The Morgan fingerprint density at radius 3 is 2.48 bits per heavy atom. The zero-order valence-corrected chi connectivity index (χ0v) is 15.3. The monoisotopic (exact) mass is 396 g/mol. The molecule has 0 fully saturated rings. The molecular weight excluding hydrogens is 380 g/mol. The summed E-state index contributed by atoms with van der Waals surface area (Å²) >= 11 is 3.45. The third-order valence-corrected chi connectivity index (χ3v) is 4.35. The van der Waals surface area contributed by atoms with Gasteiger partial charge in [0.1, 0.15) is 6.61 Å². The Kier molecular flexibility index (Phi) is 5.51. The molecule has 3 nitrogen and oxygen atoms in total. The molecule has 0 bridgehead atoms. The van der Waals surface area contributed by atoms with Crippen molar-refractivity contribution in [3.05, 3.63) is 82.3 Å². The summed E-state index contributed by atoms with van der Waals surface area (Å²) in [6, 6.07) is 21.2. The maximum Gasteiger partial charge on any atom is 0.161 e. The van der Waals surface area contributed by atoms with Gasteiger partial charge >= 0.3 is 0 Å². The molecule has 0 spiro atoms. The lowest BCUT2D eigenvalue weighted by atomic mass is 10.00. The molecule has 126 valence electrons. The second kappa shape index (κ2) is 7.99. The molecule has 0 atom stereocenters. The quantitative estimate of drug-likeness (QED) is 0.514. The molecule has 0 radical (unpaired) electrons. The first-order valence-corrected chi connectivity index (χ1v) is 8.60. The molecule has 0 N–H and O–H groups in total. The van der Waals surface area contributed by atoms with E-state index < -0.39 is 0 Å². The highest BCUT2D eigenvalue weighted by molar-refractivity contribution is 9.10. The Morgan fingerprint density at radius 1 is 0.960 bits per heavy atom. The minimum atomic E-state index is 0.465. The van der Waals surface area contributed by atoms with Crippen molar-refractivity contribution in [2.24, 2.45) is 0 Å². The molecule has 0 aliphatic carbocycles. The number of aldehydes is 1. The maximum atomic E-state index is 11.3. The van der Waals surface area contributed by atoms with Crippen LogP contribution in [0.4, 0.5) is 0 Å². The number of hydrogen-bond donors (Lipinski definition) is 0. The van der Waals surface area contributed by atoms with E-state index in [1.165, 1.54) is 0 Å². The van der Waals surface area contributed by atoms with Crippen LogP contribution in [0.1, 0.15) is 15.9 Å². The van der Waals surface area contributed by atoms with Crippen LogP contribution >= 0.6 is 15.9 Å². The minimum absolute atomic E-state index is 0.465. The van der Waals surface area contributed by atoms with Gasteiger partial charge in [-0.3, -0.25) is 4.79 Å². The van der Waals surface area contributed by atoms with E-state index in [1.54, 1.807) is 13.2 Å². The van der Waals surface area contributed by atoms with Gasteiger partial charge in [0.05, 0.1) is 7.11 Å². The van der Waals surface area contributed by atoms with E-state index in [1.807, 2.05) is 60.7 Å². The number of carbonyl (C=O) groups is 1. The summed E-state index contributed by atoms with van der Waals surface area (Å²) < 4.78 is 12.3. The summed E-state index contributed by atoms with van der Waals surface area (Å²) in [5, 5.41) is 0. The van der Waals surface area contributed by atoms with E-state index in [2.05, 4.69) is 15.9 Å². The van der Waals surface area contributed by atoms with Crippen LogP contribution in [0.2, 0.25) is 0 Å². The summed E-state index contributed by atoms with van der Waals surface area (Å²) in [5.41, 5.74) is 3.46. The fraction of sp³-hybridized carbons (Fsp3) is 0.0952. The fourth-order valence-corrected chi connectivity index (χ4v) is 2.93. The van der Waals surface area contributed by atoms with Crippen molar-refractivity contribution in [2.45, 2.75) is 6.61 Å². The number of benzene rings is 3. The van der Waals surface area contributed by atoms with E-state index >= 15 is 0 Å². The van der Waals surface area contributed by atoms with Crippen LogP contribution < -0.4 is 9.47 Å². The summed E-state index contributed by atoms with van der Waals surface area (Å²) in [7, 11) is 1.61.